The van der Waals surface area contributed by atoms with Crippen molar-refractivity contribution in [3.8, 4) is 0 Å². The van der Waals surface area contributed by atoms with Crippen LogP contribution in [0.15, 0.2) is 24.3 Å². The maximum Gasteiger partial charge on any atom is 0.256 e. The maximum atomic E-state index is 12.5. The Bertz CT molecular complexity index is 616. The summed E-state index contributed by atoms with van der Waals surface area (Å²) in [4.78, 5) is 39.3. The quantitative estimate of drug-likeness (QED) is 0.714. The first kappa shape index (κ1) is 13.6. The van der Waals surface area contributed by atoms with E-state index in [1.54, 1.807) is 24.3 Å². The lowest BCUT2D eigenvalue weighted by molar-refractivity contribution is -0.138. The highest BCUT2D eigenvalue weighted by atomic mass is 16.3. The van der Waals surface area contributed by atoms with Crippen LogP contribution in [0.4, 0.5) is 5.69 Å². The second-order valence-corrected chi connectivity index (χ2v) is 5.05. The zero-order chi connectivity index (χ0) is 15.0. The van der Waals surface area contributed by atoms with Gasteiger partial charge in [0, 0.05) is 13.1 Å². The van der Waals surface area contributed by atoms with Crippen LogP contribution < -0.4 is 5.32 Å². The molecule has 0 unspecified atom stereocenters. The van der Waals surface area contributed by atoms with Crippen LogP contribution in [0, 0.1) is 0 Å². The van der Waals surface area contributed by atoms with Crippen LogP contribution >= 0.6 is 0 Å². The molecule has 3 rings (SSSR count). The number of hydrogen-bond acceptors (Lipinski definition) is 4. The molecule has 1 saturated heterocycles. The van der Waals surface area contributed by atoms with Gasteiger partial charge in [-0.1, -0.05) is 12.1 Å². The van der Waals surface area contributed by atoms with Gasteiger partial charge in [0.1, 0.15) is 12.6 Å². The Kier molecular flexibility index (Phi) is 3.34. The Balaban J connectivity index is 1.92. The molecule has 21 heavy (non-hydrogen) atoms. The van der Waals surface area contributed by atoms with Crippen LogP contribution in [-0.2, 0) is 9.59 Å². The molecule has 1 atom stereocenters. The fourth-order valence-corrected chi connectivity index (χ4v) is 2.73. The second-order valence-electron chi connectivity index (χ2n) is 5.05. The van der Waals surface area contributed by atoms with Gasteiger partial charge in [0.15, 0.2) is 0 Å². The van der Waals surface area contributed by atoms with Crippen molar-refractivity contribution in [2.75, 3.05) is 31.6 Å². The normalized spacial score (nSPS) is 21.3. The highest BCUT2D eigenvalue weighted by Gasteiger charge is 2.39. The van der Waals surface area contributed by atoms with E-state index in [-0.39, 0.29) is 24.9 Å². The van der Waals surface area contributed by atoms with E-state index >= 15 is 0 Å². The molecule has 110 valence electrons. The summed E-state index contributed by atoms with van der Waals surface area (Å²) < 4.78 is 0. The zero-order valence-electron chi connectivity index (χ0n) is 11.3. The molecule has 2 N–H and O–H groups in total. The van der Waals surface area contributed by atoms with Gasteiger partial charge in [-0.3, -0.25) is 14.4 Å². The van der Waals surface area contributed by atoms with Crippen molar-refractivity contribution in [3.63, 3.8) is 0 Å². The predicted molar refractivity (Wildman–Crippen MR) is 73.6 cm³/mol. The number of fused-ring (bicyclic) bond motifs is 2. The molecule has 0 radical (unpaired) electrons. The van der Waals surface area contributed by atoms with E-state index in [2.05, 4.69) is 5.32 Å². The minimum atomic E-state index is -0.728. The van der Waals surface area contributed by atoms with Gasteiger partial charge in [-0.15, -0.1) is 0 Å². The molecule has 1 fully saturated rings. The molecule has 2 heterocycles. The summed E-state index contributed by atoms with van der Waals surface area (Å²) in [5.74, 6) is -0.967. The monoisotopic (exact) mass is 289 g/mol. The summed E-state index contributed by atoms with van der Waals surface area (Å²) in [5.41, 5.74) is 0.942. The van der Waals surface area contributed by atoms with Crippen molar-refractivity contribution in [3.05, 3.63) is 29.8 Å². The Hall–Kier alpha value is -2.41. The van der Waals surface area contributed by atoms with E-state index in [0.717, 1.165) is 0 Å². The molecule has 1 aromatic carbocycles. The Labute approximate surface area is 121 Å². The van der Waals surface area contributed by atoms with Gasteiger partial charge in [0.2, 0.25) is 11.8 Å². The van der Waals surface area contributed by atoms with Gasteiger partial charge in [0.05, 0.1) is 17.8 Å². The van der Waals surface area contributed by atoms with E-state index in [0.29, 0.717) is 17.8 Å². The van der Waals surface area contributed by atoms with E-state index in [4.69, 9.17) is 5.11 Å². The van der Waals surface area contributed by atoms with Gasteiger partial charge in [-0.2, -0.15) is 0 Å². The van der Waals surface area contributed by atoms with Crippen molar-refractivity contribution in [2.24, 2.45) is 0 Å². The van der Waals surface area contributed by atoms with Crippen LogP contribution in [-0.4, -0.2) is 64.9 Å². The number of carbonyl (C=O) groups is 3. The van der Waals surface area contributed by atoms with Crippen LogP contribution in [0.25, 0.3) is 0 Å². The molecule has 0 aromatic heterocycles. The number of aliphatic hydroxyl groups is 1. The van der Waals surface area contributed by atoms with Gasteiger partial charge >= 0.3 is 0 Å². The third-order valence-corrected chi connectivity index (χ3v) is 3.85. The lowest BCUT2D eigenvalue weighted by atomic mass is 10.1. The van der Waals surface area contributed by atoms with Crippen molar-refractivity contribution in [1.29, 1.82) is 0 Å². The lowest BCUT2D eigenvalue weighted by Crippen LogP contribution is -2.59. The highest BCUT2D eigenvalue weighted by molar-refractivity contribution is 6.10. The first-order valence-corrected chi connectivity index (χ1v) is 6.71. The van der Waals surface area contributed by atoms with Gasteiger partial charge in [0.25, 0.3) is 5.91 Å². The summed E-state index contributed by atoms with van der Waals surface area (Å²) >= 11 is 0. The average molecular weight is 289 g/mol. The molecular formula is C14H15N3O4. The number of nitrogens with zero attached hydrogens (tertiary/aromatic N) is 2. The van der Waals surface area contributed by atoms with Crippen molar-refractivity contribution >= 4 is 23.4 Å². The molecule has 0 bridgehead atoms. The number of piperazine rings is 1. The Morgan fingerprint density at radius 2 is 2.05 bits per heavy atom. The van der Waals surface area contributed by atoms with Crippen LogP contribution in [0.1, 0.15) is 10.4 Å². The first-order valence-electron chi connectivity index (χ1n) is 6.71. The SMILES string of the molecule is O=C1Nc2ccccc2C(=O)N2CCN(C(=O)CO)C[C@H]12. The molecule has 7 nitrogen and oxygen atoms in total. The van der Waals surface area contributed by atoms with E-state index in [1.807, 2.05) is 0 Å². The number of carbonyl (C=O) groups excluding carboxylic acids is 3. The number of benzene rings is 1. The minimum Gasteiger partial charge on any atom is -0.387 e. The van der Waals surface area contributed by atoms with E-state index in [1.165, 1.54) is 9.80 Å². The van der Waals surface area contributed by atoms with Crippen molar-refractivity contribution in [1.82, 2.24) is 9.80 Å². The van der Waals surface area contributed by atoms with E-state index < -0.39 is 18.6 Å². The molecule has 3 amide bonds. The largest absolute Gasteiger partial charge is 0.387 e. The molecule has 0 aliphatic carbocycles. The minimum absolute atomic E-state index is 0.102. The van der Waals surface area contributed by atoms with Crippen LogP contribution in [0.3, 0.4) is 0 Å². The molecule has 2 aliphatic rings. The number of nitrogens with one attached hydrogen (secondary N) is 1. The van der Waals surface area contributed by atoms with Crippen molar-refractivity contribution < 1.29 is 19.5 Å². The van der Waals surface area contributed by atoms with Crippen molar-refractivity contribution in [2.45, 2.75) is 6.04 Å². The van der Waals surface area contributed by atoms with Crippen LogP contribution in [0.2, 0.25) is 0 Å². The van der Waals surface area contributed by atoms with Crippen LogP contribution in [0.5, 0.6) is 0 Å². The maximum absolute atomic E-state index is 12.5. The summed E-state index contributed by atoms with van der Waals surface area (Å²) in [5, 5.41) is 11.7. The molecule has 0 spiro atoms. The first-order chi connectivity index (χ1) is 10.1. The highest BCUT2D eigenvalue weighted by Crippen LogP contribution is 2.25. The molecule has 0 saturated carbocycles. The number of amides is 3. The number of hydrogen-bond donors (Lipinski definition) is 2. The molecule has 7 heteroatoms. The van der Waals surface area contributed by atoms with Gasteiger partial charge in [-0.05, 0) is 12.1 Å². The predicted octanol–water partition coefficient (Wildman–Crippen LogP) is -0.716. The fourth-order valence-electron chi connectivity index (χ4n) is 2.73. The fraction of sp³-hybridized carbons (Fsp3) is 0.357. The average Bonchev–Trinajstić information content (AvgIpc) is 2.62. The summed E-state index contributed by atoms with van der Waals surface area (Å²) in [6.07, 6.45) is 0. The number of aliphatic hydroxyl groups excluding tert-OH is 1. The Morgan fingerprint density at radius 1 is 1.29 bits per heavy atom. The molecule has 2 aliphatic heterocycles. The van der Waals surface area contributed by atoms with Gasteiger partial charge in [-0.25, -0.2) is 0 Å². The zero-order valence-corrected chi connectivity index (χ0v) is 11.3. The topological polar surface area (TPSA) is 90.0 Å². The smallest absolute Gasteiger partial charge is 0.256 e. The standard InChI is InChI=1S/C14H15N3O4/c18-8-12(19)16-5-6-17-11(7-16)13(20)15-10-4-2-1-3-9(10)14(17)21/h1-4,11,18H,5-8H2,(H,15,20)/t11-/m1/s1. The third-order valence-electron chi connectivity index (χ3n) is 3.85. The number of para-hydroxylation sites is 1. The summed E-state index contributed by atoms with van der Waals surface area (Å²) in [7, 11) is 0. The number of rotatable bonds is 1. The molecular weight excluding hydrogens is 274 g/mol. The van der Waals surface area contributed by atoms with Gasteiger partial charge < -0.3 is 20.2 Å². The summed E-state index contributed by atoms with van der Waals surface area (Å²) in [6, 6.07) is 6.12. The number of anilines is 1. The van der Waals surface area contributed by atoms with E-state index in [9.17, 15) is 14.4 Å². The molecule has 1 aromatic rings. The summed E-state index contributed by atoms with van der Waals surface area (Å²) in [6.45, 7) is 0.0988. The lowest BCUT2D eigenvalue weighted by Gasteiger charge is -2.39. The second kappa shape index (κ2) is 5.17. The Morgan fingerprint density at radius 3 is 2.81 bits per heavy atom. The third kappa shape index (κ3) is 2.25.